The predicted octanol–water partition coefficient (Wildman–Crippen LogP) is 1.91. The van der Waals surface area contributed by atoms with Crippen molar-refractivity contribution in [3.8, 4) is 11.5 Å². The molecule has 0 spiro atoms. The van der Waals surface area contributed by atoms with Crippen molar-refractivity contribution in [2.45, 2.75) is 13.5 Å². The van der Waals surface area contributed by atoms with E-state index in [1.165, 1.54) is 4.68 Å². The van der Waals surface area contributed by atoms with E-state index in [1.54, 1.807) is 31.4 Å². The minimum Gasteiger partial charge on any atom is -0.493 e. The van der Waals surface area contributed by atoms with Gasteiger partial charge in [0, 0.05) is 5.39 Å². The van der Waals surface area contributed by atoms with Gasteiger partial charge in [0.25, 0.3) is 5.56 Å². The standard InChI is InChI=1S/C20H21N3O4/c1-14-15-7-3-4-8-16(15)20(25)23(22-14)13-19(24)21-11-12-27-18-10-6-5-9-17(18)26-2/h3-10H,11-13H2,1-2H3,(H,21,24). The summed E-state index contributed by atoms with van der Waals surface area (Å²) >= 11 is 0. The molecule has 3 rings (SSSR count). The molecule has 1 N–H and O–H groups in total. The van der Waals surface area contributed by atoms with Gasteiger partial charge < -0.3 is 14.8 Å². The normalized spacial score (nSPS) is 10.6. The maximum atomic E-state index is 12.5. The zero-order chi connectivity index (χ0) is 19.2. The van der Waals surface area contributed by atoms with Crippen molar-refractivity contribution in [1.29, 1.82) is 0 Å². The first-order chi connectivity index (χ1) is 13.1. The zero-order valence-electron chi connectivity index (χ0n) is 15.3. The van der Waals surface area contributed by atoms with Crippen LogP contribution in [-0.2, 0) is 11.3 Å². The molecule has 2 aromatic carbocycles. The molecule has 1 aromatic heterocycles. The van der Waals surface area contributed by atoms with Gasteiger partial charge in [-0.15, -0.1) is 0 Å². The Hall–Kier alpha value is -3.35. The fraction of sp³-hybridized carbons (Fsp3) is 0.250. The average molecular weight is 367 g/mol. The first-order valence-corrected chi connectivity index (χ1v) is 8.59. The third-order valence-electron chi connectivity index (χ3n) is 4.10. The van der Waals surface area contributed by atoms with Crippen LogP contribution in [0.5, 0.6) is 11.5 Å². The van der Waals surface area contributed by atoms with Crippen LogP contribution >= 0.6 is 0 Å². The van der Waals surface area contributed by atoms with Gasteiger partial charge >= 0.3 is 0 Å². The van der Waals surface area contributed by atoms with E-state index in [2.05, 4.69) is 10.4 Å². The molecule has 7 nitrogen and oxygen atoms in total. The van der Waals surface area contributed by atoms with Gasteiger partial charge in [-0.25, -0.2) is 4.68 Å². The molecule has 0 saturated heterocycles. The number of benzene rings is 2. The Bertz CT molecular complexity index is 1010. The van der Waals surface area contributed by atoms with E-state index in [0.29, 0.717) is 29.1 Å². The lowest BCUT2D eigenvalue weighted by Gasteiger charge is -2.11. The molecule has 1 heterocycles. The summed E-state index contributed by atoms with van der Waals surface area (Å²) in [5.74, 6) is 0.936. The molecule has 0 radical (unpaired) electrons. The van der Waals surface area contributed by atoms with E-state index >= 15 is 0 Å². The highest BCUT2D eigenvalue weighted by Gasteiger charge is 2.10. The van der Waals surface area contributed by atoms with Gasteiger partial charge in [0.2, 0.25) is 5.91 Å². The number of ether oxygens (including phenoxy) is 2. The first kappa shape index (κ1) is 18.4. The lowest BCUT2D eigenvalue weighted by atomic mass is 10.1. The van der Waals surface area contributed by atoms with E-state index in [4.69, 9.17) is 9.47 Å². The van der Waals surface area contributed by atoms with E-state index in [-0.39, 0.29) is 24.6 Å². The molecule has 0 aliphatic rings. The number of hydrogen-bond acceptors (Lipinski definition) is 5. The third kappa shape index (κ3) is 4.25. The second-order valence-electron chi connectivity index (χ2n) is 5.94. The molecule has 140 valence electrons. The van der Waals surface area contributed by atoms with Crippen molar-refractivity contribution in [1.82, 2.24) is 15.1 Å². The molecule has 0 unspecified atom stereocenters. The SMILES string of the molecule is COc1ccccc1OCCNC(=O)Cn1nc(C)c2ccccc2c1=O. The number of carbonyl (C=O) groups is 1. The van der Waals surface area contributed by atoms with Crippen LogP contribution in [0.15, 0.2) is 53.3 Å². The van der Waals surface area contributed by atoms with Crippen LogP contribution in [0.4, 0.5) is 0 Å². The van der Waals surface area contributed by atoms with Gasteiger partial charge in [-0.05, 0) is 25.1 Å². The van der Waals surface area contributed by atoms with Crippen LogP contribution in [0.25, 0.3) is 10.8 Å². The topological polar surface area (TPSA) is 82.4 Å². The third-order valence-corrected chi connectivity index (χ3v) is 4.10. The molecule has 0 aliphatic carbocycles. The molecule has 0 atom stereocenters. The van der Waals surface area contributed by atoms with E-state index in [9.17, 15) is 9.59 Å². The number of carbonyl (C=O) groups excluding carboxylic acids is 1. The lowest BCUT2D eigenvalue weighted by molar-refractivity contribution is -0.122. The number of amides is 1. The molecule has 7 heteroatoms. The monoisotopic (exact) mass is 367 g/mol. The Kier molecular flexibility index (Phi) is 5.71. The fourth-order valence-corrected chi connectivity index (χ4v) is 2.79. The fourth-order valence-electron chi connectivity index (χ4n) is 2.79. The summed E-state index contributed by atoms with van der Waals surface area (Å²) in [6.45, 7) is 2.26. The molecule has 0 saturated carbocycles. The highest BCUT2D eigenvalue weighted by molar-refractivity contribution is 5.83. The molecule has 0 bridgehead atoms. The number of fused-ring (bicyclic) bond motifs is 1. The molecule has 0 aliphatic heterocycles. The molecule has 3 aromatic rings. The highest BCUT2D eigenvalue weighted by Crippen LogP contribution is 2.25. The number of rotatable bonds is 7. The van der Waals surface area contributed by atoms with Crippen molar-refractivity contribution >= 4 is 16.7 Å². The number of aryl methyl sites for hydroxylation is 1. The van der Waals surface area contributed by atoms with Crippen molar-refractivity contribution in [3.63, 3.8) is 0 Å². The Balaban J connectivity index is 1.58. The first-order valence-electron chi connectivity index (χ1n) is 8.59. The van der Waals surface area contributed by atoms with Crippen LogP contribution in [0, 0.1) is 6.92 Å². The summed E-state index contributed by atoms with van der Waals surface area (Å²) < 4.78 is 12.0. The smallest absolute Gasteiger partial charge is 0.275 e. The van der Waals surface area contributed by atoms with Crippen molar-refractivity contribution in [3.05, 3.63) is 64.6 Å². The summed E-state index contributed by atoms with van der Waals surface area (Å²) in [5.41, 5.74) is 0.425. The largest absolute Gasteiger partial charge is 0.493 e. The predicted molar refractivity (Wildman–Crippen MR) is 102 cm³/mol. The summed E-state index contributed by atoms with van der Waals surface area (Å²) in [4.78, 5) is 24.6. The minimum atomic E-state index is -0.303. The Morgan fingerprint density at radius 3 is 2.48 bits per heavy atom. The number of nitrogens with zero attached hydrogens (tertiary/aromatic N) is 2. The van der Waals surface area contributed by atoms with Crippen molar-refractivity contribution in [2.24, 2.45) is 0 Å². The molecular weight excluding hydrogens is 346 g/mol. The number of hydrogen-bond donors (Lipinski definition) is 1. The zero-order valence-corrected chi connectivity index (χ0v) is 15.3. The quantitative estimate of drug-likeness (QED) is 0.645. The van der Waals surface area contributed by atoms with Crippen molar-refractivity contribution < 1.29 is 14.3 Å². The van der Waals surface area contributed by atoms with Crippen LogP contribution < -0.4 is 20.3 Å². The molecule has 0 fully saturated rings. The maximum Gasteiger partial charge on any atom is 0.275 e. The molecular formula is C20H21N3O4. The van der Waals surface area contributed by atoms with Gasteiger partial charge in [-0.3, -0.25) is 9.59 Å². The van der Waals surface area contributed by atoms with Crippen LogP contribution in [-0.4, -0.2) is 35.9 Å². The summed E-state index contributed by atoms with van der Waals surface area (Å²) in [7, 11) is 1.57. The van der Waals surface area contributed by atoms with E-state index in [0.717, 1.165) is 5.39 Å². The van der Waals surface area contributed by atoms with E-state index < -0.39 is 0 Å². The summed E-state index contributed by atoms with van der Waals surface area (Å²) in [5, 5.41) is 8.31. The summed E-state index contributed by atoms with van der Waals surface area (Å²) in [6, 6.07) is 14.5. The molecule has 1 amide bonds. The number of methoxy groups -OCH3 is 1. The number of nitrogens with one attached hydrogen (secondary N) is 1. The average Bonchev–Trinajstić information content (AvgIpc) is 2.69. The lowest BCUT2D eigenvalue weighted by Crippen LogP contribution is -2.35. The molecule has 27 heavy (non-hydrogen) atoms. The highest BCUT2D eigenvalue weighted by atomic mass is 16.5. The second-order valence-corrected chi connectivity index (χ2v) is 5.94. The number of aromatic nitrogens is 2. The Morgan fingerprint density at radius 1 is 1.07 bits per heavy atom. The Labute approximate surface area is 156 Å². The second kappa shape index (κ2) is 8.35. The minimum absolute atomic E-state index is 0.140. The maximum absolute atomic E-state index is 12.5. The van der Waals surface area contributed by atoms with Crippen molar-refractivity contribution in [2.75, 3.05) is 20.3 Å². The van der Waals surface area contributed by atoms with Crippen LogP contribution in [0.2, 0.25) is 0 Å². The summed E-state index contributed by atoms with van der Waals surface area (Å²) in [6.07, 6.45) is 0. The Morgan fingerprint density at radius 2 is 1.74 bits per heavy atom. The van der Waals surface area contributed by atoms with Gasteiger partial charge in [0.15, 0.2) is 11.5 Å². The van der Waals surface area contributed by atoms with Gasteiger partial charge in [-0.1, -0.05) is 30.3 Å². The van der Waals surface area contributed by atoms with Crippen LogP contribution in [0.1, 0.15) is 5.69 Å². The van der Waals surface area contributed by atoms with Gasteiger partial charge in [-0.2, -0.15) is 5.10 Å². The van der Waals surface area contributed by atoms with Gasteiger partial charge in [0.05, 0.1) is 24.7 Å². The van der Waals surface area contributed by atoms with Crippen LogP contribution in [0.3, 0.4) is 0 Å². The van der Waals surface area contributed by atoms with E-state index in [1.807, 2.05) is 31.2 Å². The number of para-hydroxylation sites is 2. The van der Waals surface area contributed by atoms with Gasteiger partial charge in [0.1, 0.15) is 13.2 Å².